The van der Waals surface area contributed by atoms with E-state index in [4.69, 9.17) is 0 Å². The molecule has 108 valence electrons. The van der Waals surface area contributed by atoms with Crippen LogP contribution in [-0.2, 0) is 0 Å². The van der Waals surface area contributed by atoms with Gasteiger partial charge in [0.2, 0.25) is 0 Å². The summed E-state index contributed by atoms with van der Waals surface area (Å²) in [5.74, 6) is 0. The molecule has 0 bridgehead atoms. The Morgan fingerprint density at radius 1 is 1.11 bits per heavy atom. The van der Waals surface area contributed by atoms with Gasteiger partial charge in [-0.1, -0.05) is 27.2 Å². The normalized spacial score (nSPS) is 17.5. The van der Waals surface area contributed by atoms with E-state index >= 15 is 0 Å². The Kier molecular flexibility index (Phi) is 5.67. The van der Waals surface area contributed by atoms with Gasteiger partial charge in [0, 0.05) is 24.7 Å². The zero-order valence-electron chi connectivity index (χ0n) is 13.5. The van der Waals surface area contributed by atoms with E-state index in [1.807, 2.05) is 0 Å². The first kappa shape index (κ1) is 16.0. The lowest BCUT2D eigenvalue weighted by Gasteiger charge is -2.35. The SMILES string of the molecule is CCCCN(CC(C)(C)CNC(C)(C)C)C1CC1. The highest BCUT2D eigenvalue weighted by Crippen LogP contribution is 2.30. The maximum atomic E-state index is 3.66. The van der Waals surface area contributed by atoms with Crippen LogP contribution in [0.25, 0.3) is 0 Å². The molecule has 0 spiro atoms. The lowest BCUT2D eigenvalue weighted by atomic mass is 9.91. The summed E-state index contributed by atoms with van der Waals surface area (Å²) in [6.45, 7) is 17.5. The van der Waals surface area contributed by atoms with Crippen LogP contribution >= 0.6 is 0 Å². The molecule has 0 saturated heterocycles. The average molecular weight is 254 g/mol. The molecule has 0 aromatic carbocycles. The van der Waals surface area contributed by atoms with Gasteiger partial charge in [0.25, 0.3) is 0 Å². The maximum Gasteiger partial charge on any atom is 0.00967 e. The third kappa shape index (κ3) is 6.75. The Hall–Kier alpha value is -0.0800. The summed E-state index contributed by atoms with van der Waals surface area (Å²) >= 11 is 0. The van der Waals surface area contributed by atoms with Crippen LogP contribution in [0.4, 0.5) is 0 Å². The quantitative estimate of drug-likeness (QED) is 0.711. The number of hydrogen-bond acceptors (Lipinski definition) is 2. The third-order valence-electron chi connectivity index (χ3n) is 3.59. The smallest absolute Gasteiger partial charge is 0.00967 e. The number of nitrogens with zero attached hydrogens (tertiary/aromatic N) is 1. The second kappa shape index (κ2) is 6.38. The van der Waals surface area contributed by atoms with Gasteiger partial charge in [-0.2, -0.15) is 0 Å². The Bertz CT molecular complexity index is 236. The highest BCUT2D eigenvalue weighted by atomic mass is 15.2. The highest BCUT2D eigenvalue weighted by molar-refractivity contribution is 4.89. The molecule has 1 aliphatic carbocycles. The molecule has 1 N–H and O–H groups in total. The van der Waals surface area contributed by atoms with Crippen molar-refractivity contribution in [3.63, 3.8) is 0 Å². The van der Waals surface area contributed by atoms with Crippen molar-refractivity contribution in [1.29, 1.82) is 0 Å². The third-order valence-corrected chi connectivity index (χ3v) is 3.59. The van der Waals surface area contributed by atoms with E-state index in [0.717, 1.165) is 12.6 Å². The van der Waals surface area contributed by atoms with Crippen LogP contribution < -0.4 is 5.32 Å². The second-order valence-electron chi connectivity index (χ2n) is 7.82. The van der Waals surface area contributed by atoms with E-state index in [0.29, 0.717) is 5.41 Å². The Morgan fingerprint density at radius 2 is 1.72 bits per heavy atom. The summed E-state index contributed by atoms with van der Waals surface area (Å²) in [6.07, 6.45) is 5.50. The van der Waals surface area contributed by atoms with Gasteiger partial charge in [0.15, 0.2) is 0 Å². The van der Waals surface area contributed by atoms with Crippen molar-refractivity contribution in [1.82, 2.24) is 10.2 Å². The minimum atomic E-state index is 0.227. The summed E-state index contributed by atoms with van der Waals surface area (Å²) in [6, 6.07) is 0.894. The number of nitrogens with one attached hydrogen (secondary N) is 1. The molecule has 2 nitrogen and oxygen atoms in total. The van der Waals surface area contributed by atoms with Gasteiger partial charge in [0.1, 0.15) is 0 Å². The topological polar surface area (TPSA) is 15.3 Å². The molecule has 0 atom stereocenters. The Balaban J connectivity index is 2.40. The van der Waals surface area contributed by atoms with Crippen molar-refractivity contribution >= 4 is 0 Å². The molecule has 18 heavy (non-hydrogen) atoms. The van der Waals surface area contributed by atoms with E-state index in [9.17, 15) is 0 Å². The molecule has 1 fully saturated rings. The van der Waals surface area contributed by atoms with Crippen molar-refractivity contribution in [2.24, 2.45) is 5.41 Å². The molecule has 0 aliphatic heterocycles. The van der Waals surface area contributed by atoms with Gasteiger partial charge in [-0.15, -0.1) is 0 Å². The van der Waals surface area contributed by atoms with Crippen LogP contribution in [0.15, 0.2) is 0 Å². The summed E-state index contributed by atoms with van der Waals surface area (Å²) in [7, 11) is 0. The molecular formula is C16H34N2. The molecule has 0 aromatic rings. The summed E-state index contributed by atoms with van der Waals surface area (Å²) < 4.78 is 0. The molecule has 1 saturated carbocycles. The first-order chi connectivity index (χ1) is 8.23. The average Bonchev–Trinajstić information content (AvgIpc) is 3.04. The Morgan fingerprint density at radius 3 is 2.17 bits per heavy atom. The lowest BCUT2D eigenvalue weighted by Crippen LogP contribution is -2.47. The van der Waals surface area contributed by atoms with E-state index in [-0.39, 0.29) is 5.54 Å². The van der Waals surface area contributed by atoms with Gasteiger partial charge in [0.05, 0.1) is 0 Å². The Labute approximate surface area is 115 Å². The molecule has 0 aromatic heterocycles. The minimum absolute atomic E-state index is 0.227. The molecule has 1 rings (SSSR count). The number of unbranched alkanes of at least 4 members (excludes halogenated alkanes) is 1. The van der Waals surface area contributed by atoms with Crippen LogP contribution in [0, 0.1) is 5.41 Å². The minimum Gasteiger partial charge on any atom is -0.311 e. The van der Waals surface area contributed by atoms with Gasteiger partial charge >= 0.3 is 0 Å². The summed E-state index contributed by atoms with van der Waals surface area (Å²) in [5, 5.41) is 3.66. The van der Waals surface area contributed by atoms with Crippen LogP contribution in [-0.4, -0.2) is 36.1 Å². The first-order valence-corrected chi connectivity index (χ1v) is 7.72. The summed E-state index contributed by atoms with van der Waals surface area (Å²) in [5.41, 5.74) is 0.592. The molecule has 0 unspecified atom stereocenters. The fourth-order valence-corrected chi connectivity index (χ4v) is 2.30. The largest absolute Gasteiger partial charge is 0.311 e. The van der Waals surface area contributed by atoms with Gasteiger partial charge in [-0.25, -0.2) is 0 Å². The van der Waals surface area contributed by atoms with Crippen LogP contribution in [0.1, 0.15) is 67.2 Å². The highest BCUT2D eigenvalue weighted by Gasteiger charge is 2.32. The molecule has 0 amide bonds. The molecular weight excluding hydrogens is 220 g/mol. The van der Waals surface area contributed by atoms with Crippen molar-refractivity contribution in [2.75, 3.05) is 19.6 Å². The second-order valence-corrected chi connectivity index (χ2v) is 7.82. The van der Waals surface area contributed by atoms with E-state index < -0.39 is 0 Å². The van der Waals surface area contributed by atoms with Crippen LogP contribution in [0.3, 0.4) is 0 Å². The van der Waals surface area contributed by atoms with E-state index in [2.05, 4.69) is 51.8 Å². The van der Waals surface area contributed by atoms with Gasteiger partial charge in [-0.3, -0.25) is 4.90 Å². The van der Waals surface area contributed by atoms with E-state index in [1.165, 1.54) is 38.8 Å². The van der Waals surface area contributed by atoms with Crippen molar-refractivity contribution < 1.29 is 0 Å². The van der Waals surface area contributed by atoms with Crippen molar-refractivity contribution in [3.05, 3.63) is 0 Å². The fourth-order valence-electron chi connectivity index (χ4n) is 2.30. The number of hydrogen-bond donors (Lipinski definition) is 1. The molecule has 0 heterocycles. The van der Waals surface area contributed by atoms with Crippen LogP contribution in [0.5, 0.6) is 0 Å². The first-order valence-electron chi connectivity index (χ1n) is 7.72. The maximum absolute atomic E-state index is 3.66. The molecule has 1 aliphatic rings. The van der Waals surface area contributed by atoms with Gasteiger partial charge in [-0.05, 0) is 52.0 Å². The molecule has 2 heteroatoms. The zero-order chi connectivity index (χ0) is 13.8. The summed E-state index contributed by atoms with van der Waals surface area (Å²) in [4.78, 5) is 2.73. The zero-order valence-corrected chi connectivity index (χ0v) is 13.5. The van der Waals surface area contributed by atoms with Crippen molar-refractivity contribution in [2.45, 2.75) is 78.8 Å². The lowest BCUT2D eigenvalue weighted by molar-refractivity contribution is 0.156. The van der Waals surface area contributed by atoms with Crippen molar-refractivity contribution in [3.8, 4) is 0 Å². The standard InChI is InChI=1S/C16H34N2/c1-7-8-11-18(14-9-10-14)13-16(5,6)12-17-15(2,3)4/h14,17H,7-13H2,1-6H3. The van der Waals surface area contributed by atoms with Crippen LogP contribution in [0.2, 0.25) is 0 Å². The molecule has 0 radical (unpaired) electrons. The predicted octanol–water partition coefficient (Wildman–Crippen LogP) is 3.67. The predicted molar refractivity (Wildman–Crippen MR) is 81.0 cm³/mol. The monoisotopic (exact) mass is 254 g/mol. The number of rotatable bonds is 8. The fraction of sp³-hybridized carbons (Fsp3) is 1.00. The van der Waals surface area contributed by atoms with Gasteiger partial charge < -0.3 is 5.32 Å². The van der Waals surface area contributed by atoms with E-state index in [1.54, 1.807) is 0 Å².